The van der Waals surface area contributed by atoms with Crippen molar-refractivity contribution in [2.24, 2.45) is 34.0 Å². The van der Waals surface area contributed by atoms with Crippen molar-refractivity contribution in [2.45, 2.75) is 78.9 Å². The maximum Gasteiger partial charge on any atom is 0.316 e. The Hall–Kier alpha value is -0.550. The molecule has 0 aromatic carbocycles. The quantitative estimate of drug-likeness (QED) is 0.728. The van der Waals surface area contributed by atoms with Gasteiger partial charge in [-0.2, -0.15) is 11.8 Å². The van der Waals surface area contributed by atoms with Gasteiger partial charge >= 0.3 is 5.97 Å². The van der Waals surface area contributed by atoms with Crippen molar-refractivity contribution in [3.05, 3.63) is 0 Å². The monoisotopic (exact) mass is 396 g/mol. The molecule has 3 saturated carbocycles. The molecule has 27 heavy (non-hydrogen) atoms. The molecule has 2 bridgehead atoms. The lowest BCUT2D eigenvalue weighted by molar-refractivity contribution is -0.208. The zero-order chi connectivity index (χ0) is 20.2. The first-order chi connectivity index (χ1) is 12.5. The number of esters is 1. The molecular weight excluding hydrogens is 360 g/mol. The molecule has 1 unspecified atom stereocenters. The van der Waals surface area contributed by atoms with Crippen LogP contribution in [0.1, 0.15) is 66.7 Å². The number of aliphatic hydroxyl groups is 1. The zero-order valence-corrected chi connectivity index (χ0v) is 18.5. The van der Waals surface area contributed by atoms with E-state index in [0.717, 1.165) is 19.3 Å². The standard InChI is InChI=1S/C22H36O4S/c1-13-7-9-22-10-8-15(23)18(22)21(13,5)16(26-17(24)12-27-6)11-20(3,4)19(25)14(22)2/h13-14,16,18-19,25H,7-12H2,1-6H3/t13?,14-,16+,18-,19-,21-,22-/m0/s1. The van der Waals surface area contributed by atoms with Gasteiger partial charge in [-0.3, -0.25) is 9.59 Å². The molecular formula is C22H36O4S. The van der Waals surface area contributed by atoms with Crippen LogP contribution in [0.5, 0.6) is 0 Å². The summed E-state index contributed by atoms with van der Waals surface area (Å²) in [5.41, 5.74) is -0.906. The number of Topliss-reactive ketones (excluding diaryl/α,β-unsaturated/α-hetero) is 1. The minimum Gasteiger partial charge on any atom is -0.461 e. The van der Waals surface area contributed by atoms with Crippen LogP contribution in [0.4, 0.5) is 0 Å². The molecule has 0 aliphatic heterocycles. The summed E-state index contributed by atoms with van der Waals surface area (Å²) in [5, 5.41) is 11.3. The van der Waals surface area contributed by atoms with Gasteiger partial charge in [0.15, 0.2) is 0 Å². The average Bonchev–Trinajstić information content (AvgIpc) is 2.94. The number of carbonyl (C=O) groups is 2. The van der Waals surface area contributed by atoms with Gasteiger partial charge in [-0.15, -0.1) is 0 Å². The SMILES string of the molecule is CSCC(=O)O[C@@H]1CC(C)(C)[C@@H](O)[C@H](C)[C@]23CCC(=O)[C@H]2[C@@]1(C)C(C)CC3. The van der Waals surface area contributed by atoms with E-state index >= 15 is 0 Å². The molecule has 3 fully saturated rings. The molecule has 4 nitrogen and oxygen atoms in total. The molecule has 3 aliphatic rings. The highest BCUT2D eigenvalue weighted by atomic mass is 32.2. The van der Waals surface area contributed by atoms with Crippen molar-refractivity contribution < 1.29 is 19.4 Å². The van der Waals surface area contributed by atoms with Crippen molar-refractivity contribution in [3.8, 4) is 0 Å². The largest absolute Gasteiger partial charge is 0.461 e. The van der Waals surface area contributed by atoms with Gasteiger partial charge in [0.25, 0.3) is 0 Å². The van der Waals surface area contributed by atoms with E-state index in [2.05, 4.69) is 34.6 Å². The smallest absolute Gasteiger partial charge is 0.316 e. The maximum absolute atomic E-state index is 13.2. The summed E-state index contributed by atoms with van der Waals surface area (Å²) < 4.78 is 6.08. The predicted octanol–water partition coefficient (Wildman–Crippen LogP) is 4.09. The summed E-state index contributed by atoms with van der Waals surface area (Å²) in [6, 6.07) is 0. The zero-order valence-electron chi connectivity index (χ0n) is 17.7. The Labute approximate surface area is 168 Å². The maximum atomic E-state index is 13.2. The van der Waals surface area contributed by atoms with E-state index in [-0.39, 0.29) is 40.2 Å². The third-order valence-electron chi connectivity index (χ3n) is 8.58. The fourth-order valence-corrected chi connectivity index (χ4v) is 7.10. The Morgan fingerprint density at radius 2 is 1.93 bits per heavy atom. The molecule has 0 amide bonds. The van der Waals surface area contributed by atoms with Crippen LogP contribution in [0.25, 0.3) is 0 Å². The van der Waals surface area contributed by atoms with Crippen LogP contribution in [0.2, 0.25) is 0 Å². The second-order valence-corrected chi connectivity index (χ2v) is 11.1. The Kier molecular flexibility index (Phi) is 5.53. The molecule has 0 heterocycles. The van der Waals surface area contributed by atoms with Crippen LogP contribution in [0.3, 0.4) is 0 Å². The molecule has 0 aromatic heterocycles. The number of carbonyl (C=O) groups excluding carboxylic acids is 2. The summed E-state index contributed by atoms with van der Waals surface area (Å²) in [6.07, 6.45) is 5.11. The minimum absolute atomic E-state index is 0.0682. The predicted molar refractivity (Wildman–Crippen MR) is 108 cm³/mol. The molecule has 1 N–H and O–H groups in total. The molecule has 0 radical (unpaired) electrons. The Morgan fingerprint density at radius 3 is 2.56 bits per heavy atom. The van der Waals surface area contributed by atoms with Crippen LogP contribution in [-0.4, -0.2) is 41.1 Å². The molecule has 5 heteroatoms. The van der Waals surface area contributed by atoms with Crippen molar-refractivity contribution in [1.82, 2.24) is 0 Å². The highest BCUT2D eigenvalue weighted by Gasteiger charge is 2.68. The number of ether oxygens (including phenoxy) is 1. The summed E-state index contributed by atoms with van der Waals surface area (Å²) in [7, 11) is 0. The molecule has 3 aliphatic carbocycles. The first-order valence-corrected chi connectivity index (χ1v) is 11.8. The third kappa shape index (κ3) is 3.08. The minimum atomic E-state index is -0.509. The van der Waals surface area contributed by atoms with Crippen LogP contribution < -0.4 is 0 Å². The lowest BCUT2D eigenvalue weighted by Gasteiger charge is -2.61. The summed E-state index contributed by atoms with van der Waals surface area (Å²) >= 11 is 1.46. The number of hydrogen-bond acceptors (Lipinski definition) is 5. The first-order valence-electron chi connectivity index (χ1n) is 10.4. The molecule has 154 valence electrons. The van der Waals surface area contributed by atoms with Crippen LogP contribution >= 0.6 is 11.8 Å². The molecule has 0 saturated heterocycles. The highest BCUT2D eigenvalue weighted by molar-refractivity contribution is 7.99. The topological polar surface area (TPSA) is 63.6 Å². The molecule has 7 atom stereocenters. The number of aliphatic hydroxyl groups excluding tert-OH is 1. The van der Waals surface area contributed by atoms with E-state index in [1.54, 1.807) is 0 Å². The van der Waals surface area contributed by atoms with Crippen LogP contribution in [-0.2, 0) is 14.3 Å². The van der Waals surface area contributed by atoms with Gasteiger partial charge in [0.2, 0.25) is 0 Å². The van der Waals surface area contributed by atoms with Gasteiger partial charge in [-0.1, -0.05) is 34.6 Å². The second-order valence-electron chi connectivity index (χ2n) is 10.3. The first kappa shape index (κ1) is 21.2. The highest BCUT2D eigenvalue weighted by Crippen LogP contribution is 2.67. The van der Waals surface area contributed by atoms with E-state index in [4.69, 9.17) is 4.74 Å². The fraction of sp³-hybridized carbons (Fsp3) is 0.909. The van der Waals surface area contributed by atoms with Gasteiger partial charge in [-0.05, 0) is 54.6 Å². The summed E-state index contributed by atoms with van der Waals surface area (Å²) in [5.74, 6) is 0.683. The van der Waals surface area contributed by atoms with Crippen LogP contribution in [0.15, 0.2) is 0 Å². The van der Waals surface area contributed by atoms with Crippen LogP contribution in [0, 0.1) is 34.0 Å². The van der Waals surface area contributed by atoms with Gasteiger partial charge in [-0.25, -0.2) is 0 Å². The number of hydrogen-bond donors (Lipinski definition) is 1. The van der Waals surface area contributed by atoms with E-state index in [1.807, 2.05) is 6.26 Å². The number of ketones is 1. The van der Waals surface area contributed by atoms with Gasteiger partial charge in [0, 0.05) is 17.8 Å². The Bertz CT molecular complexity index is 617. The summed E-state index contributed by atoms with van der Waals surface area (Å²) in [6.45, 7) is 10.7. The number of thioether (sulfide) groups is 1. The third-order valence-corrected chi connectivity index (χ3v) is 9.11. The Balaban J connectivity index is 2.14. The number of rotatable bonds is 3. The lowest BCUT2D eigenvalue weighted by Crippen LogP contribution is -2.63. The summed E-state index contributed by atoms with van der Waals surface area (Å²) in [4.78, 5) is 25.6. The van der Waals surface area contributed by atoms with Gasteiger partial charge in [0.1, 0.15) is 11.9 Å². The lowest BCUT2D eigenvalue weighted by atomic mass is 9.44. The second kappa shape index (κ2) is 7.05. The van der Waals surface area contributed by atoms with Gasteiger partial charge in [0.05, 0.1) is 11.9 Å². The van der Waals surface area contributed by atoms with E-state index in [0.29, 0.717) is 30.3 Å². The van der Waals surface area contributed by atoms with Gasteiger partial charge < -0.3 is 9.84 Å². The van der Waals surface area contributed by atoms with Crippen molar-refractivity contribution in [1.29, 1.82) is 0 Å². The van der Waals surface area contributed by atoms with E-state index < -0.39 is 6.10 Å². The van der Waals surface area contributed by atoms with E-state index in [9.17, 15) is 14.7 Å². The van der Waals surface area contributed by atoms with Crippen molar-refractivity contribution >= 4 is 23.5 Å². The normalized spacial score (nSPS) is 46.3. The molecule has 3 rings (SSSR count). The Morgan fingerprint density at radius 1 is 1.26 bits per heavy atom. The fourth-order valence-electron chi connectivity index (χ4n) is 6.79. The van der Waals surface area contributed by atoms with Crippen molar-refractivity contribution in [2.75, 3.05) is 12.0 Å². The molecule has 0 spiro atoms. The van der Waals surface area contributed by atoms with E-state index in [1.165, 1.54) is 11.8 Å². The molecule has 0 aromatic rings. The average molecular weight is 397 g/mol. The van der Waals surface area contributed by atoms with Crippen molar-refractivity contribution in [3.63, 3.8) is 0 Å².